The monoisotopic (exact) mass is 421 g/mol. The zero-order valence-corrected chi connectivity index (χ0v) is 16.5. The quantitative estimate of drug-likeness (QED) is 0.690. The number of aryl methyl sites for hydroxylation is 1. The van der Waals surface area contributed by atoms with Gasteiger partial charge in [-0.3, -0.25) is 9.59 Å². The Morgan fingerprint density at radius 1 is 1.28 bits per heavy atom. The Morgan fingerprint density at radius 2 is 1.93 bits per heavy atom. The number of nitrogens with one attached hydrogen (secondary N) is 1. The van der Waals surface area contributed by atoms with E-state index in [0.29, 0.717) is 6.42 Å². The van der Waals surface area contributed by atoms with Crippen molar-refractivity contribution in [2.75, 3.05) is 5.75 Å². The van der Waals surface area contributed by atoms with Crippen molar-refractivity contribution in [3.8, 4) is 6.07 Å². The van der Waals surface area contributed by atoms with Crippen molar-refractivity contribution in [3.05, 3.63) is 58.8 Å². The number of amides is 1. The SMILES string of the molecule is CC(=O)C(Cc1ccccc1)NC(=O)CSc1nc(C)cc(C(F)(F)F)c1C#N. The highest BCUT2D eigenvalue weighted by Crippen LogP contribution is 2.35. The molecule has 1 aromatic heterocycles. The average molecular weight is 421 g/mol. The van der Waals surface area contributed by atoms with Gasteiger partial charge in [-0.1, -0.05) is 42.1 Å². The fourth-order valence-corrected chi connectivity index (χ4v) is 3.46. The zero-order chi connectivity index (χ0) is 21.6. The molecule has 5 nitrogen and oxygen atoms in total. The number of halogens is 3. The lowest BCUT2D eigenvalue weighted by molar-refractivity contribution is -0.138. The number of pyridine rings is 1. The summed E-state index contributed by atoms with van der Waals surface area (Å²) in [4.78, 5) is 28.1. The number of rotatable bonds is 7. The van der Waals surface area contributed by atoms with Gasteiger partial charge in [0.25, 0.3) is 0 Å². The second-order valence-electron chi connectivity index (χ2n) is 6.31. The molecule has 1 aromatic carbocycles. The van der Waals surface area contributed by atoms with E-state index in [9.17, 15) is 22.8 Å². The molecule has 1 atom stereocenters. The minimum absolute atomic E-state index is 0.0879. The molecule has 0 radical (unpaired) electrons. The lowest BCUT2D eigenvalue weighted by Gasteiger charge is -2.16. The van der Waals surface area contributed by atoms with E-state index >= 15 is 0 Å². The number of nitriles is 1. The summed E-state index contributed by atoms with van der Waals surface area (Å²) < 4.78 is 39.5. The third-order valence-electron chi connectivity index (χ3n) is 3.98. The highest BCUT2D eigenvalue weighted by Gasteiger charge is 2.35. The minimum atomic E-state index is -4.70. The molecule has 0 saturated carbocycles. The predicted molar refractivity (Wildman–Crippen MR) is 102 cm³/mol. The van der Waals surface area contributed by atoms with Crippen LogP contribution in [0.5, 0.6) is 0 Å². The molecule has 1 amide bonds. The maximum atomic E-state index is 13.2. The average Bonchev–Trinajstić information content (AvgIpc) is 2.65. The predicted octanol–water partition coefficient (Wildman–Crippen LogP) is 3.69. The van der Waals surface area contributed by atoms with Crippen LogP contribution in [0.15, 0.2) is 41.4 Å². The summed E-state index contributed by atoms with van der Waals surface area (Å²) >= 11 is 0.727. The number of ketones is 1. The molecule has 2 aromatic rings. The lowest BCUT2D eigenvalue weighted by atomic mass is 10.0. The highest BCUT2D eigenvalue weighted by atomic mass is 32.2. The second-order valence-corrected chi connectivity index (χ2v) is 7.27. The van der Waals surface area contributed by atoms with Gasteiger partial charge in [-0.25, -0.2) is 4.98 Å². The van der Waals surface area contributed by atoms with Crippen LogP contribution in [0.1, 0.15) is 29.3 Å². The summed E-state index contributed by atoms with van der Waals surface area (Å²) in [6.07, 6.45) is -4.40. The van der Waals surface area contributed by atoms with Gasteiger partial charge < -0.3 is 5.32 Å². The number of carbonyl (C=O) groups excluding carboxylic acids is 2. The van der Waals surface area contributed by atoms with Gasteiger partial charge in [0.15, 0.2) is 5.78 Å². The number of carbonyl (C=O) groups is 2. The number of benzene rings is 1. The molecule has 2 rings (SSSR count). The van der Waals surface area contributed by atoms with Crippen LogP contribution in [0.4, 0.5) is 13.2 Å². The van der Waals surface area contributed by atoms with E-state index in [1.165, 1.54) is 19.9 Å². The molecule has 1 N–H and O–H groups in total. The van der Waals surface area contributed by atoms with Crippen LogP contribution in [0, 0.1) is 18.3 Å². The summed E-state index contributed by atoms with van der Waals surface area (Å²) in [5, 5.41) is 11.6. The third kappa shape index (κ3) is 6.32. The molecular formula is C20H18F3N3O2S. The molecular weight excluding hydrogens is 403 g/mol. The van der Waals surface area contributed by atoms with Crippen LogP contribution in [0.25, 0.3) is 0 Å². The Balaban J connectivity index is 2.11. The Hall–Kier alpha value is -2.86. The largest absolute Gasteiger partial charge is 0.417 e. The Bertz CT molecular complexity index is 940. The Labute approximate surface area is 170 Å². The summed E-state index contributed by atoms with van der Waals surface area (Å²) in [6, 6.07) is 10.7. The van der Waals surface area contributed by atoms with E-state index in [2.05, 4.69) is 10.3 Å². The van der Waals surface area contributed by atoms with Crippen molar-refractivity contribution in [3.63, 3.8) is 0 Å². The van der Waals surface area contributed by atoms with Gasteiger partial charge in [0.05, 0.1) is 22.9 Å². The van der Waals surface area contributed by atoms with Crippen molar-refractivity contribution in [1.82, 2.24) is 10.3 Å². The van der Waals surface area contributed by atoms with Crippen LogP contribution >= 0.6 is 11.8 Å². The first-order valence-electron chi connectivity index (χ1n) is 8.57. The molecule has 9 heteroatoms. The molecule has 0 aliphatic heterocycles. The summed E-state index contributed by atoms with van der Waals surface area (Å²) in [7, 11) is 0. The molecule has 0 saturated heterocycles. The lowest BCUT2D eigenvalue weighted by Crippen LogP contribution is -2.42. The fourth-order valence-electron chi connectivity index (χ4n) is 2.60. The van der Waals surface area contributed by atoms with Crippen LogP contribution in [0.2, 0.25) is 0 Å². The standard InChI is InChI=1S/C20H18F3N3O2S/c1-12-8-16(20(21,22)23)15(10-24)19(25-12)29-11-18(28)26-17(13(2)27)9-14-6-4-3-5-7-14/h3-8,17H,9,11H2,1-2H3,(H,26,28). The first kappa shape index (κ1) is 22.4. The molecule has 0 fully saturated rings. The van der Waals surface area contributed by atoms with Crippen LogP contribution in [0.3, 0.4) is 0 Å². The van der Waals surface area contributed by atoms with Crippen LogP contribution < -0.4 is 5.32 Å². The smallest absolute Gasteiger partial charge is 0.345 e. The Morgan fingerprint density at radius 3 is 2.48 bits per heavy atom. The fraction of sp³-hybridized carbons (Fsp3) is 0.300. The molecule has 0 aliphatic carbocycles. The number of nitrogens with zero attached hydrogens (tertiary/aromatic N) is 2. The molecule has 152 valence electrons. The molecule has 0 aliphatic rings. The molecule has 1 unspecified atom stereocenters. The normalized spacial score (nSPS) is 12.1. The second kappa shape index (κ2) is 9.56. The number of alkyl halides is 3. The maximum absolute atomic E-state index is 13.2. The first-order chi connectivity index (χ1) is 13.6. The van der Waals surface area contributed by atoms with E-state index in [-0.39, 0.29) is 22.3 Å². The number of thioether (sulfide) groups is 1. The summed E-state index contributed by atoms with van der Waals surface area (Å²) in [5.41, 5.74) is -0.748. The van der Waals surface area contributed by atoms with Crippen molar-refractivity contribution >= 4 is 23.5 Å². The number of Topliss-reactive ketones (excluding diaryl/α,β-unsaturated/α-hetero) is 1. The highest BCUT2D eigenvalue weighted by molar-refractivity contribution is 8.00. The zero-order valence-electron chi connectivity index (χ0n) is 15.7. The van der Waals surface area contributed by atoms with Gasteiger partial charge in [0, 0.05) is 5.69 Å². The Kier molecular flexibility index (Phi) is 7.40. The summed E-state index contributed by atoms with van der Waals surface area (Å²) in [6.45, 7) is 2.73. The van der Waals surface area contributed by atoms with Gasteiger partial charge in [-0.2, -0.15) is 18.4 Å². The number of hydrogen-bond donors (Lipinski definition) is 1. The van der Waals surface area contributed by atoms with Crippen LogP contribution in [-0.4, -0.2) is 28.5 Å². The molecule has 1 heterocycles. The number of aromatic nitrogens is 1. The van der Waals surface area contributed by atoms with Gasteiger partial charge in [-0.05, 0) is 31.9 Å². The van der Waals surface area contributed by atoms with Gasteiger partial charge in [0.1, 0.15) is 11.1 Å². The van der Waals surface area contributed by atoms with Crippen molar-refractivity contribution < 1.29 is 22.8 Å². The maximum Gasteiger partial charge on any atom is 0.417 e. The van der Waals surface area contributed by atoms with E-state index in [4.69, 9.17) is 5.26 Å². The van der Waals surface area contributed by atoms with Crippen molar-refractivity contribution in [1.29, 1.82) is 5.26 Å². The number of hydrogen-bond acceptors (Lipinski definition) is 5. The van der Waals surface area contributed by atoms with E-state index < -0.39 is 29.3 Å². The van der Waals surface area contributed by atoms with E-state index in [1.54, 1.807) is 0 Å². The van der Waals surface area contributed by atoms with Gasteiger partial charge in [0.2, 0.25) is 5.91 Å². The molecule has 0 spiro atoms. The third-order valence-corrected chi connectivity index (χ3v) is 4.96. The molecule has 0 bridgehead atoms. The van der Waals surface area contributed by atoms with E-state index in [1.807, 2.05) is 30.3 Å². The minimum Gasteiger partial charge on any atom is -0.345 e. The van der Waals surface area contributed by atoms with Crippen molar-refractivity contribution in [2.45, 2.75) is 37.5 Å². The molecule has 29 heavy (non-hydrogen) atoms. The summed E-state index contributed by atoms with van der Waals surface area (Å²) in [5.74, 6) is -1.05. The van der Waals surface area contributed by atoms with Gasteiger partial charge >= 0.3 is 6.18 Å². The van der Waals surface area contributed by atoms with Gasteiger partial charge in [-0.15, -0.1) is 0 Å². The van der Waals surface area contributed by atoms with Crippen molar-refractivity contribution in [2.24, 2.45) is 0 Å². The first-order valence-corrected chi connectivity index (χ1v) is 9.56. The van der Waals surface area contributed by atoms with E-state index in [0.717, 1.165) is 23.4 Å². The van der Waals surface area contributed by atoms with Crippen LogP contribution in [-0.2, 0) is 22.2 Å². The topological polar surface area (TPSA) is 82.8 Å².